The Morgan fingerprint density at radius 2 is 1.95 bits per heavy atom. The van der Waals surface area contributed by atoms with Gasteiger partial charge in [0.2, 0.25) is 0 Å². The van der Waals surface area contributed by atoms with E-state index in [0.29, 0.717) is 4.90 Å². The third-order valence-corrected chi connectivity index (χ3v) is 4.73. The third kappa shape index (κ3) is 2.84. The molecule has 0 saturated carbocycles. The van der Waals surface area contributed by atoms with Crippen molar-refractivity contribution in [3.05, 3.63) is 40.8 Å². The van der Waals surface area contributed by atoms with Gasteiger partial charge in [-0.25, -0.2) is 0 Å². The van der Waals surface area contributed by atoms with Crippen LogP contribution >= 0.6 is 0 Å². The largest absolute Gasteiger partial charge is 0.390 e. The van der Waals surface area contributed by atoms with Crippen LogP contribution in [0.15, 0.2) is 40.3 Å². The van der Waals surface area contributed by atoms with Crippen LogP contribution in [0.4, 0.5) is 0 Å². The van der Waals surface area contributed by atoms with Crippen LogP contribution in [-0.2, 0) is 15.5 Å². The van der Waals surface area contributed by atoms with Gasteiger partial charge in [0.05, 0.1) is 23.0 Å². The molecule has 2 rings (SSSR count). The second-order valence-corrected chi connectivity index (χ2v) is 6.03. The topological polar surface area (TPSA) is 116 Å². The average Bonchev–Trinajstić information content (AvgIpc) is 2.48. The van der Waals surface area contributed by atoms with Crippen molar-refractivity contribution in [1.82, 2.24) is 0 Å². The second-order valence-electron chi connectivity index (χ2n) is 4.50. The molecular weight excluding hydrogens is 282 g/mol. The highest BCUT2D eigenvalue weighted by Gasteiger charge is 2.45. The Bertz CT molecular complexity index is 535. The smallest absolute Gasteiger partial charge is 0.148 e. The summed E-state index contributed by atoms with van der Waals surface area (Å²) < 4.78 is 18.0. The van der Waals surface area contributed by atoms with Crippen molar-refractivity contribution in [2.24, 2.45) is 5.11 Å². The maximum atomic E-state index is 12.5. The van der Waals surface area contributed by atoms with Gasteiger partial charge < -0.3 is 14.9 Å². The van der Waals surface area contributed by atoms with Gasteiger partial charge >= 0.3 is 0 Å². The summed E-state index contributed by atoms with van der Waals surface area (Å²) >= 11 is 0. The summed E-state index contributed by atoms with van der Waals surface area (Å²) in [4.78, 5) is 3.14. The van der Waals surface area contributed by atoms with Gasteiger partial charge in [-0.2, -0.15) is 0 Å². The Kier molecular flexibility index (Phi) is 4.74. The molecule has 0 radical (unpaired) electrons. The number of aliphatic hydroxyl groups is 2. The summed E-state index contributed by atoms with van der Waals surface area (Å²) in [5.74, 6) is 0. The maximum Gasteiger partial charge on any atom is 0.148 e. The Hall–Kier alpha value is -1.44. The normalized spacial score (nSPS) is 35.0. The molecule has 1 unspecified atom stereocenters. The van der Waals surface area contributed by atoms with Crippen molar-refractivity contribution in [2.45, 2.75) is 41.6 Å². The van der Waals surface area contributed by atoms with Gasteiger partial charge in [0.1, 0.15) is 17.6 Å². The summed E-state index contributed by atoms with van der Waals surface area (Å²) in [5.41, 5.74) is 7.57. The predicted molar refractivity (Wildman–Crippen MR) is 72.1 cm³/mol. The first kappa shape index (κ1) is 15.0. The Morgan fingerprint density at radius 3 is 2.55 bits per heavy atom. The van der Waals surface area contributed by atoms with Gasteiger partial charge in [-0.1, -0.05) is 23.3 Å². The summed E-state index contributed by atoms with van der Waals surface area (Å²) in [6, 6.07) is 7.46. The highest BCUT2D eigenvalue weighted by Crippen LogP contribution is 2.28. The molecule has 0 spiro atoms. The summed E-state index contributed by atoms with van der Waals surface area (Å²) in [5, 5.41) is 23.2. The summed E-state index contributed by atoms with van der Waals surface area (Å²) in [7, 11) is -1.62. The lowest BCUT2D eigenvalue weighted by atomic mass is 9.99. The standard InChI is InChI=1S/C12H15N3O4S/c1-7-10(16)11(17)9(14-15-13)12(19-7)20(18)8-5-3-2-4-6-8/h2-7,9-12,16-17H,1H3/t7-,9-,10+,11-,12-,20?/m1/s1. The summed E-state index contributed by atoms with van der Waals surface area (Å²) in [6.07, 6.45) is -3.20. The van der Waals surface area contributed by atoms with Crippen LogP contribution in [0.25, 0.3) is 10.4 Å². The Balaban J connectivity index is 2.32. The van der Waals surface area contributed by atoms with Crippen LogP contribution in [0.3, 0.4) is 0 Å². The van der Waals surface area contributed by atoms with Gasteiger partial charge in [-0.05, 0) is 24.6 Å². The minimum Gasteiger partial charge on any atom is -0.390 e. The van der Waals surface area contributed by atoms with Crippen LogP contribution in [0.2, 0.25) is 0 Å². The number of azide groups is 1. The Morgan fingerprint density at radius 1 is 1.30 bits per heavy atom. The van der Waals surface area contributed by atoms with E-state index in [9.17, 15) is 14.4 Å². The molecule has 1 aliphatic heterocycles. The van der Waals surface area contributed by atoms with Crippen molar-refractivity contribution in [3.63, 3.8) is 0 Å². The van der Waals surface area contributed by atoms with Gasteiger partial charge in [0, 0.05) is 9.81 Å². The van der Waals surface area contributed by atoms with E-state index in [1.807, 2.05) is 0 Å². The number of nitrogens with zero attached hydrogens (tertiary/aromatic N) is 3. The fraction of sp³-hybridized carbons (Fsp3) is 0.500. The van der Waals surface area contributed by atoms with Crippen LogP contribution in [0, 0.1) is 0 Å². The first-order valence-corrected chi connectivity index (χ1v) is 7.29. The molecule has 1 aromatic rings. The predicted octanol–water partition coefficient (Wildman–Crippen LogP) is 0.940. The minimum absolute atomic E-state index is 0.506. The molecule has 1 heterocycles. The van der Waals surface area contributed by atoms with E-state index >= 15 is 0 Å². The van der Waals surface area contributed by atoms with Crippen LogP contribution in [0.5, 0.6) is 0 Å². The maximum absolute atomic E-state index is 12.5. The van der Waals surface area contributed by atoms with E-state index < -0.39 is 40.6 Å². The van der Waals surface area contributed by atoms with Gasteiger partial charge in [-0.15, -0.1) is 0 Å². The van der Waals surface area contributed by atoms with Crippen LogP contribution in [0.1, 0.15) is 6.92 Å². The molecular formula is C12H15N3O4S. The zero-order valence-corrected chi connectivity index (χ0v) is 11.6. The fourth-order valence-corrected chi connectivity index (χ4v) is 3.50. The lowest BCUT2D eigenvalue weighted by Crippen LogP contribution is -2.56. The molecule has 2 N–H and O–H groups in total. The van der Waals surface area contributed by atoms with Crippen molar-refractivity contribution < 1.29 is 19.2 Å². The van der Waals surface area contributed by atoms with E-state index in [1.54, 1.807) is 37.3 Å². The first-order valence-electron chi connectivity index (χ1n) is 6.07. The number of benzene rings is 1. The van der Waals surface area contributed by atoms with Gasteiger partial charge in [-0.3, -0.25) is 4.21 Å². The van der Waals surface area contributed by atoms with Crippen molar-refractivity contribution in [2.75, 3.05) is 0 Å². The van der Waals surface area contributed by atoms with E-state index in [1.165, 1.54) is 0 Å². The number of rotatable bonds is 3. The van der Waals surface area contributed by atoms with Crippen LogP contribution < -0.4 is 0 Å². The molecule has 1 saturated heterocycles. The molecule has 0 amide bonds. The monoisotopic (exact) mass is 297 g/mol. The minimum atomic E-state index is -1.62. The number of hydrogen-bond donors (Lipinski definition) is 2. The number of aliphatic hydroxyl groups excluding tert-OH is 2. The molecule has 8 heteroatoms. The molecule has 0 aliphatic carbocycles. The average molecular weight is 297 g/mol. The van der Waals surface area contributed by atoms with E-state index in [4.69, 9.17) is 10.3 Å². The molecule has 0 bridgehead atoms. The van der Waals surface area contributed by atoms with E-state index in [0.717, 1.165) is 0 Å². The fourth-order valence-electron chi connectivity index (χ4n) is 2.06. The number of hydrogen-bond acceptors (Lipinski definition) is 5. The third-order valence-electron chi connectivity index (χ3n) is 3.18. The van der Waals surface area contributed by atoms with Crippen LogP contribution in [-0.4, -0.2) is 44.2 Å². The first-order chi connectivity index (χ1) is 9.56. The molecule has 0 aromatic heterocycles. The molecule has 1 fully saturated rings. The van der Waals surface area contributed by atoms with Gasteiger partial charge in [0.25, 0.3) is 0 Å². The van der Waals surface area contributed by atoms with Gasteiger partial charge in [0.15, 0.2) is 0 Å². The number of ether oxygens (including phenoxy) is 1. The van der Waals surface area contributed by atoms with Crippen molar-refractivity contribution >= 4 is 10.8 Å². The SMILES string of the molecule is C[C@H]1O[C@H](S(=O)c2ccccc2)[C@H](N=[N+]=[N-])[C@@H](O)[C@H]1O. The lowest BCUT2D eigenvalue weighted by Gasteiger charge is -2.39. The zero-order valence-electron chi connectivity index (χ0n) is 10.7. The van der Waals surface area contributed by atoms with Crippen molar-refractivity contribution in [1.29, 1.82) is 0 Å². The highest BCUT2D eigenvalue weighted by molar-refractivity contribution is 7.85. The van der Waals surface area contributed by atoms with Crippen molar-refractivity contribution in [3.8, 4) is 0 Å². The molecule has 1 aliphatic rings. The van der Waals surface area contributed by atoms with E-state index in [2.05, 4.69) is 10.0 Å². The highest BCUT2D eigenvalue weighted by atomic mass is 32.2. The molecule has 7 nitrogen and oxygen atoms in total. The quantitative estimate of drug-likeness (QED) is 0.490. The molecule has 6 atom stereocenters. The molecule has 108 valence electrons. The Labute approximate surface area is 118 Å². The second kappa shape index (κ2) is 6.34. The zero-order chi connectivity index (χ0) is 14.7. The molecule has 1 aromatic carbocycles. The molecule has 20 heavy (non-hydrogen) atoms. The lowest BCUT2D eigenvalue weighted by molar-refractivity contribution is -0.148. The summed E-state index contributed by atoms with van der Waals surface area (Å²) in [6.45, 7) is 1.56. The van der Waals surface area contributed by atoms with E-state index in [-0.39, 0.29) is 0 Å².